The molecule has 0 saturated carbocycles. The standard InChI is InChI=1S/C17H27N3O/c1-14-11-15(3-7-19-14)13-20(2)16-4-10-21-17(12-16)5-8-18-9-6-17/h3,7,11,16,18H,4-6,8-10,12-13H2,1-2H3. The lowest BCUT2D eigenvalue weighted by Gasteiger charge is -2.46. The Morgan fingerprint density at radius 3 is 3.00 bits per heavy atom. The number of piperidine rings is 1. The largest absolute Gasteiger partial charge is 0.375 e. The molecule has 2 aliphatic rings. The monoisotopic (exact) mass is 289 g/mol. The second-order valence-electron chi connectivity index (χ2n) is 6.65. The van der Waals surface area contributed by atoms with Crippen molar-refractivity contribution in [1.29, 1.82) is 0 Å². The van der Waals surface area contributed by atoms with Crippen molar-refractivity contribution in [1.82, 2.24) is 15.2 Å². The molecule has 21 heavy (non-hydrogen) atoms. The lowest BCUT2D eigenvalue weighted by atomic mass is 9.82. The van der Waals surface area contributed by atoms with E-state index in [0.29, 0.717) is 6.04 Å². The highest BCUT2D eigenvalue weighted by molar-refractivity contribution is 5.15. The van der Waals surface area contributed by atoms with Crippen molar-refractivity contribution < 1.29 is 4.74 Å². The lowest BCUT2D eigenvalue weighted by Crippen LogP contribution is -2.52. The molecule has 0 bridgehead atoms. The molecule has 1 N–H and O–H groups in total. The van der Waals surface area contributed by atoms with Gasteiger partial charge >= 0.3 is 0 Å². The van der Waals surface area contributed by atoms with E-state index in [1.54, 1.807) is 0 Å². The number of pyridine rings is 1. The zero-order chi connectivity index (χ0) is 14.7. The van der Waals surface area contributed by atoms with Crippen LogP contribution < -0.4 is 5.32 Å². The van der Waals surface area contributed by atoms with Crippen molar-refractivity contribution in [3.05, 3.63) is 29.6 Å². The maximum absolute atomic E-state index is 6.18. The molecule has 1 unspecified atom stereocenters. The van der Waals surface area contributed by atoms with Gasteiger partial charge in [0.05, 0.1) is 5.60 Å². The van der Waals surface area contributed by atoms with Crippen LogP contribution in [0.2, 0.25) is 0 Å². The first-order valence-corrected chi connectivity index (χ1v) is 8.13. The van der Waals surface area contributed by atoms with E-state index in [1.165, 1.54) is 12.0 Å². The Morgan fingerprint density at radius 1 is 1.43 bits per heavy atom. The van der Waals surface area contributed by atoms with Crippen LogP contribution in [0.5, 0.6) is 0 Å². The Morgan fingerprint density at radius 2 is 2.24 bits per heavy atom. The Kier molecular flexibility index (Phi) is 4.57. The van der Waals surface area contributed by atoms with Gasteiger partial charge in [-0.05, 0) is 70.4 Å². The van der Waals surface area contributed by atoms with Crippen LogP contribution >= 0.6 is 0 Å². The summed E-state index contributed by atoms with van der Waals surface area (Å²) in [6, 6.07) is 4.95. The second kappa shape index (κ2) is 6.42. The summed E-state index contributed by atoms with van der Waals surface area (Å²) in [4.78, 5) is 6.78. The molecule has 2 fully saturated rings. The summed E-state index contributed by atoms with van der Waals surface area (Å²) in [6.45, 7) is 6.16. The molecule has 0 aliphatic carbocycles. The van der Waals surface area contributed by atoms with Gasteiger partial charge < -0.3 is 10.1 Å². The molecule has 2 saturated heterocycles. The van der Waals surface area contributed by atoms with Gasteiger partial charge in [0.2, 0.25) is 0 Å². The van der Waals surface area contributed by atoms with Crippen molar-refractivity contribution >= 4 is 0 Å². The molecular formula is C17H27N3O. The van der Waals surface area contributed by atoms with E-state index in [0.717, 1.165) is 51.2 Å². The van der Waals surface area contributed by atoms with E-state index in [9.17, 15) is 0 Å². The predicted molar refractivity (Wildman–Crippen MR) is 84.2 cm³/mol. The van der Waals surface area contributed by atoms with E-state index >= 15 is 0 Å². The van der Waals surface area contributed by atoms with Crippen LogP contribution in [0.25, 0.3) is 0 Å². The summed E-state index contributed by atoms with van der Waals surface area (Å²) < 4.78 is 6.18. The number of aryl methyl sites for hydroxylation is 1. The minimum absolute atomic E-state index is 0.136. The van der Waals surface area contributed by atoms with Crippen LogP contribution in [0.3, 0.4) is 0 Å². The van der Waals surface area contributed by atoms with Gasteiger partial charge in [-0.15, -0.1) is 0 Å². The first kappa shape index (κ1) is 14.9. The van der Waals surface area contributed by atoms with Gasteiger partial charge in [0, 0.05) is 31.1 Å². The van der Waals surface area contributed by atoms with Crippen LogP contribution in [0.4, 0.5) is 0 Å². The first-order valence-electron chi connectivity index (χ1n) is 8.13. The quantitative estimate of drug-likeness (QED) is 0.925. The zero-order valence-corrected chi connectivity index (χ0v) is 13.3. The summed E-state index contributed by atoms with van der Waals surface area (Å²) in [5, 5.41) is 3.45. The third-order valence-corrected chi connectivity index (χ3v) is 5.00. The van der Waals surface area contributed by atoms with E-state index in [2.05, 4.69) is 41.3 Å². The molecule has 0 aromatic carbocycles. The molecule has 1 atom stereocenters. The van der Waals surface area contributed by atoms with Crippen LogP contribution in [0.15, 0.2) is 18.3 Å². The molecule has 3 rings (SSSR count). The van der Waals surface area contributed by atoms with Crippen molar-refractivity contribution in [2.24, 2.45) is 0 Å². The number of rotatable bonds is 3. The van der Waals surface area contributed by atoms with Gasteiger partial charge in [0.15, 0.2) is 0 Å². The summed E-state index contributed by atoms with van der Waals surface area (Å²) >= 11 is 0. The molecule has 1 aromatic rings. The fraction of sp³-hybridized carbons (Fsp3) is 0.706. The summed E-state index contributed by atoms with van der Waals surface area (Å²) in [5.74, 6) is 0. The first-order chi connectivity index (χ1) is 10.2. The van der Waals surface area contributed by atoms with Gasteiger partial charge in [-0.2, -0.15) is 0 Å². The number of hydrogen-bond donors (Lipinski definition) is 1. The maximum atomic E-state index is 6.18. The predicted octanol–water partition coefficient (Wildman–Crippen LogP) is 2.12. The molecule has 0 radical (unpaired) electrons. The van der Waals surface area contributed by atoms with Gasteiger partial charge in [-0.1, -0.05) is 0 Å². The van der Waals surface area contributed by atoms with Crippen molar-refractivity contribution in [2.75, 3.05) is 26.7 Å². The highest BCUT2D eigenvalue weighted by Crippen LogP contribution is 2.35. The van der Waals surface area contributed by atoms with Crippen LogP contribution in [-0.2, 0) is 11.3 Å². The maximum Gasteiger partial charge on any atom is 0.0721 e. The second-order valence-corrected chi connectivity index (χ2v) is 6.65. The van der Waals surface area contributed by atoms with E-state index < -0.39 is 0 Å². The topological polar surface area (TPSA) is 37.4 Å². The smallest absolute Gasteiger partial charge is 0.0721 e. The lowest BCUT2D eigenvalue weighted by molar-refractivity contribution is -0.119. The minimum atomic E-state index is 0.136. The molecule has 3 heterocycles. The molecule has 2 aliphatic heterocycles. The van der Waals surface area contributed by atoms with Gasteiger partial charge in [0.25, 0.3) is 0 Å². The number of nitrogens with zero attached hydrogens (tertiary/aromatic N) is 2. The highest BCUT2D eigenvalue weighted by atomic mass is 16.5. The summed E-state index contributed by atoms with van der Waals surface area (Å²) in [6.07, 6.45) is 6.55. The van der Waals surface area contributed by atoms with E-state index in [4.69, 9.17) is 4.74 Å². The van der Waals surface area contributed by atoms with E-state index in [1.807, 2.05) is 6.20 Å². The average Bonchev–Trinajstić information content (AvgIpc) is 2.48. The SMILES string of the molecule is Cc1cc(CN(C)C2CCOC3(CCNCC3)C2)ccn1. The van der Waals surface area contributed by atoms with Crippen LogP contribution in [0, 0.1) is 6.92 Å². The fourth-order valence-electron chi connectivity index (χ4n) is 3.73. The van der Waals surface area contributed by atoms with Gasteiger partial charge in [-0.3, -0.25) is 9.88 Å². The Labute approximate surface area is 127 Å². The number of ether oxygens (including phenoxy) is 1. The zero-order valence-electron chi connectivity index (χ0n) is 13.3. The fourth-order valence-corrected chi connectivity index (χ4v) is 3.73. The normalized spacial score (nSPS) is 25.4. The molecule has 0 amide bonds. The van der Waals surface area contributed by atoms with Gasteiger partial charge in [0.1, 0.15) is 0 Å². The van der Waals surface area contributed by atoms with Crippen LogP contribution in [0.1, 0.15) is 36.9 Å². The van der Waals surface area contributed by atoms with Crippen molar-refractivity contribution in [3.8, 4) is 0 Å². The molecule has 1 spiro atoms. The molecular weight excluding hydrogens is 262 g/mol. The molecule has 4 heteroatoms. The number of hydrogen-bond acceptors (Lipinski definition) is 4. The third-order valence-electron chi connectivity index (χ3n) is 5.00. The third kappa shape index (κ3) is 3.62. The summed E-state index contributed by atoms with van der Waals surface area (Å²) in [5.41, 5.74) is 2.59. The van der Waals surface area contributed by atoms with Crippen LogP contribution in [-0.4, -0.2) is 48.3 Å². The molecule has 4 nitrogen and oxygen atoms in total. The Balaban J connectivity index is 1.62. The molecule has 116 valence electrons. The Bertz CT molecular complexity index is 465. The van der Waals surface area contributed by atoms with Crippen molar-refractivity contribution in [2.45, 2.75) is 50.8 Å². The number of aromatic nitrogens is 1. The molecule has 1 aromatic heterocycles. The van der Waals surface area contributed by atoms with Crippen molar-refractivity contribution in [3.63, 3.8) is 0 Å². The number of nitrogens with one attached hydrogen (secondary N) is 1. The Hall–Kier alpha value is -0.970. The van der Waals surface area contributed by atoms with Gasteiger partial charge in [-0.25, -0.2) is 0 Å². The summed E-state index contributed by atoms with van der Waals surface area (Å²) in [7, 11) is 2.25. The van der Waals surface area contributed by atoms with E-state index in [-0.39, 0.29) is 5.60 Å². The highest BCUT2D eigenvalue weighted by Gasteiger charge is 2.39. The minimum Gasteiger partial charge on any atom is -0.375 e. The average molecular weight is 289 g/mol.